The van der Waals surface area contributed by atoms with Gasteiger partial charge in [-0.25, -0.2) is 0 Å². The molecule has 0 saturated carbocycles. The van der Waals surface area contributed by atoms with Crippen molar-refractivity contribution in [1.29, 1.82) is 0 Å². The Morgan fingerprint density at radius 3 is 1.19 bits per heavy atom. The van der Waals surface area contributed by atoms with Gasteiger partial charge in [0.15, 0.2) is 6.10 Å². The number of hydrogen-bond donors (Lipinski definition) is 1. The maximum atomic E-state index is 12.1. The van der Waals surface area contributed by atoms with Gasteiger partial charge in [-0.15, -0.1) is 0 Å². The van der Waals surface area contributed by atoms with Crippen molar-refractivity contribution in [3.8, 4) is 0 Å². The Labute approximate surface area is 319 Å². The zero-order valence-electron chi connectivity index (χ0n) is 33.0. The molecule has 1 atom stereocenters. The quantitative estimate of drug-likeness (QED) is 0.0401. The number of esters is 2. The minimum atomic E-state index is -0.832. The lowest BCUT2D eigenvalue weighted by atomic mass is 10.1. The molecule has 0 saturated heterocycles. The van der Waals surface area contributed by atoms with E-state index in [2.05, 4.69) is 111 Å². The molecule has 5 nitrogen and oxygen atoms in total. The minimum Gasteiger partial charge on any atom is -0.462 e. The summed E-state index contributed by atoms with van der Waals surface area (Å²) < 4.78 is 10.5. The van der Waals surface area contributed by atoms with Gasteiger partial charge in [-0.2, -0.15) is 0 Å². The van der Waals surface area contributed by atoms with E-state index < -0.39 is 12.1 Å². The lowest BCUT2D eigenvalue weighted by molar-refractivity contribution is -0.161. The summed E-state index contributed by atoms with van der Waals surface area (Å²) in [4.78, 5) is 24.2. The monoisotopic (exact) mass is 719 g/mol. The Balaban J connectivity index is 3.79. The van der Waals surface area contributed by atoms with Gasteiger partial charge < -0.3 is 14.6 Å². The summed E-state index contributed by atoms with van der Waals surface area (Å²) in [5, 5.41) is 9.55. The number of hydrogen-bond acceptors (Lipinski definition) is 5. The standard InChI is InChI=1S/C47H74O5/c1-3-5-7-9-11-13-15-17-19-21-23-25-27-29-31-33-35-37-39-41-46(49)51-44-45(43-48)52-47(50)42-40-38-36-34-32-30-28-26-24-22-20-18-16-14-12-10-8-6-4-2/h11-14,17-20,23-26,29-32,36,38,45,48H,3-10,15-16,21-22,27-28,33-35,37,39-44H2,1-2H3/b13-11-,14-12-,19-17-,20-18-,25-23-,26-24-,31-29-,32-30-,38-36-/t45-/m0/s1. The van der Waals surface area contributed by atoms with Crippen molar-refractivity contribution in [3.63, 3.8) is 0 Å². The third-order valence-corrected chi connectivity index (χ3v) is 8.05. The second kappa shape index (κ2) is 42.0. The first kappa shape index (κ1) is 48.6. The molecule has 0 unspecified atom stereocenters. The first-order valence-corrected chi connectivity index (χ1v) is 20.4. The number of allylic oxidation sites excluding steroid dienone is 18. The minimum absolute atomic E-state index is 0.120. The van der Waals surface area contributed by atoms with Crippen LogP contribution in [0.3, 0.4) is 0 Å². The van der Waals surface area contributed by atoms with E-state index in [9.17, 15) is 14.7 Å². The molecule has 292 valence electrons. The number of carbonyl (C=O) groups is 2. The molecule has 0 aliphatic heterocycles. The Kier molecular flexibility index (Phi) is 39.2. The Hall–Kier alpha value is -3.44. The third-order valence-electron chi connectivity index (χ3n) is 8.05. The van der Waals surface area contributed by atoms with E-state index in [-0.39, 0.29) is 25.6 Å². The van der Waals surface area contributed by atoms with Crippen LogP contribution in [0.25, 0.3) is 0 Å². The van der Waals surface area contributed by atoms with E-state index in [4.69, 9.17) is 9.47 Å². The molecule has 0 aromatic rings. The van der Waals surface area contributed by atoms with Gasteiger partial charge in [0.25, 0.3) is 0 Å². The van der Waals surface area contributed by atoms with Crippen LogP contribution in [0.1, 0.15) is 155 Å². The number of rotatable bonds is 35. The van der Waals surface area contributed by atoms with Gasteiger partial charge in [0.05, 0.1) is 6.61 Å². The molecule has 0 spiro atoms. The van der Waals surface area contributed by atoms with Crippen LogP contribution in [0.2, 0.25) is 0 Å². The summed E-state index contributed by atoms with van der Waals surface area (Å²) in [5.41, 5.74) is 0. The van der Waals surface area contributed by atoms with Crippen LogP contribution in [-0.4, -0.2) is 36.4 Å². The van der Waals surface area contributed by atoms with Crippen molar-refractivity contribution in [2.75, 3.05) is 13.2 Å². The fourth-order valence-electron chi connectivity index (χ4n) is 4.93. The molecule has 0 heterocycles. The second-order valence-electron chi connectivity index (χ2n) is 13.0. The predicted octanol–water partition coefficient (Wildman–Crippen LogP) is 13.1. The van der Waals surface area contributed by atoms with Gasteiger partial charge in [-0.3, -0.25) is 9.59 Å². The summed E-state index contributed by atoms with van der Waals surface area (Å²) >= 11 is 0. The van der Waals surface area contributed by atoms with Crippen LogP contribution in [0, 0.1) is 0 Å². The molecule has 0 aromatic carbocycles. The largest absolute Gasteiger partial charge is 0.462 e. The maximum absolute atomic E-state index is 12.1. The molecular weight excluding hydrogens is 645 g/mol. The molecule has 0 radical (unpaired) electrons. The van der Waals surface area contributed by atoms with Crippen molar-refractivity contribution in [1.82, 2.24) is 0 Å². The average Bonchev–Trinajstić information content (AvgIpc) is 3.15. The highest BCUT2D eigenvalue weighted by molar-refractivity contribution is 5.70. The van der Waals surface area contributed by atoms with E-state index >= 15 is 0 Å². The zero-order chi connectivity index (χ0) is 37.8. The maximum Gasteiger partial charge on any atom is 0.306 e. The summed E-state index contributed by atoms with van der Waals surface area (Å²) in [6, 6.07) is 0. The molecule has 0 aliphatic carbocycles. The number of aliphatic hydroxyl groups is 1. The topological polar surface area (TPSA) is 72.8 Å². The Morgan fingerprint density at radius 2 is 0.808 bits per heavy atom. The number of unbranched alkanes of at least 4 members (excludes halogenated alkanes) is 9. The summed E-state index contributed by atoms with van der Waals surface area (Å²) in [7, 11) is 0. The number of aliphatic hydroxyl groups excluding tert-OH is 1. The van der Waals surface area contributed by atoms with Crippen molar-refractivity contribution in [3.05, 3.63) is 109 Å². The predicted molar refractivity (Wildman–Crippen MR) is 223 cm³/mol. The van der Waals surface area contributed by atoms with Gasteiger partial charge in [-0.05, 0) is 96.3 Å². The van der Waals surface area contributed by atoms with Crippen LogP contribution in [-0.2, 0) is 19.1 Å². The van der Waals surface area contributed by atoms with Crippen molar-refractivity contribution in [2.45, 2.75) is 161 Å². The molecule has 0 aromatic heterocycles. The summed E-state index contributed by atoms with van der Waals surface area (Å²) in [5.74, 6) is -0.735. The molecule has 0 aliphatic rings. The van der Waals surface area contributed by atoms with Crippen molar-refractivity contribution in [2.24, 2.45) is 0 Å². The second-order valence-corrected chi connectivity index (χ2v) is 13.0. The van der Waals surface area contributed by atoms with Gasteiger partial charge in [0, 0.05) is 12.8 Å². The van der Waals surface area contributed by atoms with Crippen LogP contribution < -0.4 is 0 Å². The molecule has 52 heavy (non-hydrogen) atoms. The van der Waals surface area contributed by atoms with Crippen LogP contribution in [0.15, 0.2) is 109 Å². The Bertz CT molecular complexity index is 1090. The highest BCUT2D eigenvalue weighted by Crippen LogP contribution is 2.08. The van der Waals surface area contributed by atoms with Crippen molar-refractivity contribution < 1.29 is 24.2 Å². The van der Waals surface area contributed by atoms with Gasteiger partial charge >= 0.3 is 11.9 Å². The fraction of sp³-hybridized carbons (Fsp3) is 0.574. The zero-order valence-corrected chi connectivity index (χ0v) is 33.0. The molecule has 0 rings (SSSR count). The summed E-state index contributed by atoms with van der Waals surface area (Å²) in [6.45, 7) is 3.97. The van der Waals surface area contributed by atoms with Crippen LogP contribution in [0.5, 0.6) is 0 Å². The van der Waals surface area contributed by atoms with Crippen molar-refractivity contribution >= 4 is 11.9 Å². The summed E-state index contributed by atoms with van der Waals surface area (Å²) in [6.07, 6.45) is 60.1. The van der Waals surface area contributed by atoms with Crippen LogP contribution >= 0.6 is 0 Å². The lowest BCUT2D eigenvalue weighted by Crippen LogP contribution is -2.28. The fourth-order valence-corrected chi connectivity index (χ4v) is 4.93. The van der Waals surface area contributed by atoms with E-state index in [1.165, 1.54) is 51.4 Å². The van der Waals surface area contributed by atoms with E-state index in [1.807, 2.05) is 12.2 Å². The third kappa shape index (κ3) is 39.3. The van der Waals surface area contributed by atoms with E-state index in [0.29, 0.717) is 12.8 Å². The SMILES string of the molecule is CCCCC/C=C\C/C=C\C/C=C\C/C=C\C/C=C\CCC(=O)O[C@@H](CO)COC(=O)CCCCC/C=C\C/C=C\C/C=C\C/C=C\CCCCC. The molecular formula is C47H74O5. The number of carbonyl (C=O) groups excluding carboxylic acids is 2. The molecule has 0 amide bonds. The lowest BCUT2D eigenvalue weighted by Gasteiger charge is -2.15. The molecule has 1 N–H and O–H groups in total. The first-order chi connectivity index (χ1) is 25.6. The first-order valence-electron chi connectivity index (χ1n) is 20.4. The highest BCUT2D eigenvalue weighted by atomic mass is 16.6. The molecule has 5 heteroatoms. The normalized spacial score (nSPS) is 13.4. The Morgan fingerprint density at radius 1 is 0.442 bits per heavy atom. The van der Waals surface area contributed by atoms with Crippen LogP contribution in [0.4, 0.5) is 0 Å². The van der Waals surface area contributed by atoms with E-state index in [0.717, 1.165) is 70.6 Å². The van der Waals surface area contributed by atoms with E-state index in [1.54, 1.807) is 0 Å². The molecule has 0 bridgehead atoms. The molecule has 0 fully saturated rings. The van der Waals surface area contributed by atoms with Gasteiger partial charge in [0.1, 0.15) is 6.61 Å². The van der Waals surface area contributed by atoms with Gasteiger partial charge in [-0.1, -0.05) is 155 Å². The van der Waals surface area contributed by atoms with Gasteiger partial charge in [0.2, 0.25) is 0 Å². The smallest absolute Gasteiger partial charge is 0.306 e. The number of ether oxygens (including phenoxy) is 2. The highest BCUT2D eigenvalue weighted by Gasteiger charge is 2.15. The average molecular weight is 719 g/mol.